The van der Waals surface area contributed by atoms with Gasteiger partial charge >= 0.3 is 0 Å². The molecule has 2 aromatic heterocycles. The van der Waals surface area contributed by atoms with Gasteiger partial charge in [-0.25, -0.2) is 9.97 Å². The van der Waals surface area contributed by atoms with E-state index in [-0.39, 0.29) is 0 Å². The van der Waals surface area contributed by atoms with Crippen molar-refractivity contribution in [2.75, 3.05) is 0 Å². The van der Waals surface area contributed by atoms with E-state index in [1.165, 1.54) is 11.3 Å². The summed E-state index contributed by atoms with van der Waals surface area (Å²) in [6.45, 7) is 1.98. The third-order valence-corrected chi connectivity index (χ3v) is 3.86. The number of imidazole rings is 1. The van der Waals surface area contributed by atoms with Gasteiger partial charge < -0.3 is 4.57 Å². The van der Waals surface area contributed by atoms with Crippen LogP contribution in [0, 0.1) is 18.3 Å². The first-order valence-electron chi connectivity index (χ1n) is 5.48. The molecule has 5 heteroatoms. The van der Waals surface area contributed by atoms with Crippen LogP contribution in [0.25, 0.3) is 21.6 Å². The second kappa shape index (κ2) is 3.93. The van der Waals surface area contributed by atoms with E-state index in [0.717, 1.165) is 27.4 Å². The van der Waals surface area contributed by atoms with Crippen molar-refractivity contribution in [1.29, 1.82) is 5.26 Å². The molecular formula is C13H10N4S. The first kappa shape index (κ1) is 10.9. The summed E-state index contributed by atoms with van der Waals surface area (Å²) in [7, 11) is 2.00. The summed E-state index contributed by atoms with van der Waals surface area (Å²) < 4.78 is 2.06. The van der Waals surface area contributed by atoms with Crippen LogP contribution >= 0.6 is 11.3 Å². The van der Waals surface area contributed by atoms with Crippen molar-refractivity contribution < 1.29 is 0 Å². The van der Waals surface area contributed by atoms with Crippen LogP contribution < -0.4 is 0 Å². The van der Waals surface area contributed by atoms with Gasteiger partial charge in [-0.15, -0.1) is 11.3 Å². The molecule has 0 aliphatic rings. The molecular weight excluding hydrogens is 244 g/mol. The molecule has 0 bridgehead atoms. The highest BCUT2D eigenvalue weighted by Gasteiger charge is 2.08. The largest absolute Gasteiger partial charge is 0.331 e. The van der Waals surface area contributed by atoms with E-state index >= 15 is 0 Å². The molecule has 0 unspecified atom stereocenters. The fourth-order valence-corrected chi connectivity index (χ4v) is 2.65. The highest BCUT2D eigenvalue weighted by atomic mass is 32.1. The Labute approximate surface area is 108 Å². The molecule has 0 fully saturated rings. The molecule has 0 aliphatic heterocycles. The van der Waals surface area contributed by atoms with E-state index in [2.05, 4.69) is 14.5 Å². The van der Waals surface area contributed by atoms with E-state index in [0.29, 0.717) is 5.69 Å². The number of nitrogens with zero attached hydrogens (tertiary/aromatic N) is 4. The number of hydrogen-bond acceptors (Lipinski definition) is 4. The number of rotatable bonds is 1. The second-order valence-corrected chi connectivity index (χ2v) is 4.93. The first-order valence-corrected chi connectivity index (χ1v) is 6.36. The summed E-state index contributed by atoms with van der Waals surface area (Å²) in [5.41, 5.74) is 3.54. The van der Waals surface area contributed by atoms with Gasteiger partial charge in [0.15, 0.2) is 5.69 Å². The molecule has 3 rings (SSSR count). The van der Waals surface area contributed by atoms with E-state index < -0.39 is 0 Å². The summed E-state index contributed by atoms with van der Waals surface area (Å²) >= 11 is 1.48. The number of benzene rings is 1. The minimum atomic E-state index is 0.465. The third-order valence-electron chi connectivity index (χ3n) is 2.97. The van der Waals surface area contributed by atoms with Crippen molar-refractivity contribution in [1.82, 2.24) is 14.5 Å². The number of hydrogen-bond donors (Lipinski definition) is 0. The van der Waals surface area contributed by atoms with Crippen LogP contribution in [-0.2, 0) is 7.05 Å². The summed E-state index contributed by atoms with van der Waals surface area (Å²) in [6.07, 6.45) is 0. The van der Waals surface area contributed by atoms with Crippen molar-refractivity contribution in [3.05, 3.63) is 35.1 Å². The van der Waals surface area contributed by atoms with Gasteiger partial charge in [0.25, 0.3) is 0 Å². The van der Waals surface area contributed by atoms with Crippen LogP contribution in [0.15, 0.2) is 23.6 Å². The van der Waals surface area contributed by atoms with E-state index in [1.54, 1.807) is 5.38 Å². The maximum Gasteiger partial charge on any atom is 0.152 e. The SMILES string of the molecule is Cc1nc2cc(-c3nc(C#N)cs3)ccc2n1C. The van der Waals surface area contributed by atoms with Crippen LogP contribution in [-0.4, -0.2) is 14.5 Å². The Bertz CT molecular complexity index is 776. The predicted octanol–water partition coefficient (Wildman–Crippen LogP) is 2.88. The summed E-state index contributed by atoms with van der Waals surface area (Å²) in [5.74, 6) is 0.985. The van der Waals surface area contributed by atoms with E-state index in [4.69, 9.17) is 5.26 Å². The van der Waals surface area contributed by atoms with Gasteiger partial charge in [0.2, 0.25) is 0 Å². The zero-order valence-electron chi connectivity index (χ0n) is 10.0. The smallest absolute Gasteiger partial charge is 0.152 e. The Morgan fingerprint density at radius 2 is 2.17 bits per heavy atom. The van der Waals surface area contributed by atoms with Crippen LogP contribution in [0.2, 0.25) is 0 Å². The third kappa shape index (κ3) is 1.59. The van der Waals surface area contributed by atoms with Gasteiger partial charge in [0, 0.05) is 18.0 Å². The number of nitriles is 1. The molecule has 0 aliphatic carbocycles. The van der Waals surface area contributed by atoms with Crippen molar-refractivity contribution in [2.45, 2.75) is 6.92 Å². The Morgan fingerprint density at radius 3 is 2.89 bits per heavy atom. The highest BCUT2D eigenvalue weighted by molar-refractivity contribution is 7.13. The van der Waals surface area contributed by atoms with Crippen molar-refractivity contribution in [2.24, 2.45) is 7.05 Å². The van der Waals surface area contributed by atoms with Gasteiger partial charge in [-0.1, -0.05) is 0 Å². The summed E-state index contributed by atoms with van der Waals surface area (Å²) in [6, 6.07) is 8.12. The second-order valence-electron chi connectivity index (χ2n) is 4.07. The molecule has 0 saturated carbocycles. The standard InChI is InChI=1S/C13H10N4S/c1-8-15-11-5-9(3-4-12(11)17(8)2)13-16-10(6-14)7-18-13/h3-5,7H,1-2H3. The molecule has 3 aromatic rings. The molecule has 0 atom stereocenters. The average Bonchev–Trinajstić information content (AvgIpc) is 2.95. The van der Waals surface area contributed by atoms with E-state index in [1.807, 2.05) is 38.2 Å². The van der Waals surface area contributed by atoms with Gasteiger partial charge in [-0.3, -0.25) is 0 Å². The minimum absolute atomic E-state index is 0.465. The minimum Gasteiger partial charge on any atom is -0.331 e. The van der Waals surface area contributed by atoms with Crippen molar-refractivity contribution in [3.63, 3.8) is 0 Å². The van der Waals surface area contributed by atoms with Crippen LogP contribution in [0.3, 0.4) is 0 Å². The molecule has 0 saturated heterocycles. The molecule has 1 aromatic carbocycles. The Morgan fingerprint density at radius 1 is 1.33 bits per heavy atom. The first-order chi connectivity index (χ1) is 8.69. The summed E-state index contributed by atoms with van der Waals surface area (Å²) in [5, 5.41) is 11.4. The fraction of sp³-hybridized carbons (Fsp3) is 0.154. The predicted molar refractivity (Wildman–Crippen MR) is 71.3 cm³/mol. The highest BCUT2D eigenvalue weighted by Crippen LogP contribution is 2.27. The lowest BCUT2D eigenvalue weighted by atomic mass is 10.2. The van der Waals surface area contributed by atoms with E-state index in [9.17, 15) is 0 Å². The molecule has 0 spiro atoms. The molecule has 88 valence electrons. The van der Waals surface area contributed by atoms with Gasteiger partial charge in [-0.2, -0.15) is 5.26 Å². The van der Waals surface area contributed by atoms with Crippen LogP contribution in [0.4, 0.5) is 0 Å². The van der Waals surface area contributed by atoms with Crippen LogP contribution in [0.5, 0.6) is 0 Å². The lowest BCUT2D eigenvalue weighted by Gasteiger charge is -1.98. The van der Waals surface area contributed by atoms with Crippen LogP contribution in [0.1, 0.15) is 11.5 Å². The van der Waals surface area contributed by atoms with Crippen molar-refractivity contribution >= 4 is 22.4 Å². The fourth-order valence-electron chi connectivity index (χ4n) is 1.91. The number of aryl methyl sites for hydroxylation is 2. The lowest BCUT2D eigenvalue weighted by Crippen LogP contribution is -1.89. The normalized spacial score (nSPS) is 10.7. The topological polar surface area (TPSA) is 54.5 Å². The molecule has 0 amide bonds. The Hall–Kier alpha value is -2.19. The van der Waals surface area contributed by atoms with Gasteiger partial charge in [0.05, 0.1) is 11.0 Å². The average molecular weight is 254 g/mol. The Balaban J connectivity index is 2.16. The zero-order chi connectivity index (χ0) is 12.7. The van der Waals surface area contributed by atoms with Gasteiger partial charge in [0.1, 0.15) is 16.9 Å². The maximum atomic E-state index is 8.79. The number of fused-ring (bicyclic) bond motifs is 1. The lowest BCUT2D eigenvalue weighted by molar-refractivity contribution is 0.886. The maximum absolute atomic E-state index is 8.79. The zero-order valence-corrected chi connectivity index (χ0v) is 10.8. The number of aromatic nitrogens is 3. The molecule has 4 nitrogen and oxygen atoms in total. The van der Waals surface area contributed by atoms with Crippen molar-refractivity contribution in [3.8, 4) is 16.6 Å². The van der Waals surface area contributed by atoms with Gasteiger partial charge in [-0.05, 0) is 25.1 Å². The molecule has 0 radical (unpaired) electrons. The number of thiazole rings is 1. The monoisotopic (exact) mass is 254 g/mol. The quantitative estimate of drug-likeness (QED) is 0.671. The summed E-state index contributed by atoms with van der Waals surface area (Å²) in [4.78, 5) is 8.76. The molecule has 0 N–H and O–H groups in total. The Kier molecular flexibility index (Phi) is 2.39. The molecule has 2 heterocycles. The molecule has 18 heavy (non-hydrogen) atoms.